The number of nitrogens with zero attached hydrogens (tertiary/aromatic N) is 2. The van der Waals surface area contributed by atoms with Crippen molar-refractivity contribution in [1.29, 1.82) is 0 Å². The van der Waals surface area contributed by atoms with E-state index in [4.69, 9.17) is 4.74 Å². The van der Waals surface area contributed by atoms with Crippen LogP contribution in [0, 0.1) is 5.92 Å². The molecule has 0 bridgehead atoms. The number of rotatable bonds is 7. The Morgan fingerprint density at radius 2 is 2.22 bits per heavy atom. The topological polar surface area (TPSA) is 59.5 Å². The monoisotopic (exact) mass is 318 g/mol. The molecule has 1 aromatic heterocycles. The summed E-state index contributed by atoms with van der Waals surface area (Å²) in [6.07, 6.45) is 5.28. The lowest BCUT2D eigenvalue weighted by atomic mass is 9.89. The number of esters is 1. The van der Waals surface area contributed by atoms with Gasteiger partial charge in [-0.25, -0.2) is 0 Å². The third-order valence-corrected chi connectivity index (χ3v) is 4.49. The fraction of sp³-hybridized carbons (Fsp3) is 0.611. The smallest absolute Gasteiger partial charge is 0.302 e. The maximum absolute atomic E-state index is 12.3. The molecule has 2 rings (SSSR count). The van der Waals surface area contributed by atoms with Gasteiger partial charge in [0, 0.05) is 24.9 Å². The molecule has 5 heteroatoms. The maximum atomic E-state index is 12.3. The van der Waals surface area contributed by atoms with E-state index in [-0.39, 0.29) is 17.8 Å². The first kappa shape index (κ1) is 17.6. The molecule has 0 saturated carbocycles. The molecule has 0 amide bonds. The SMILES string of the molecule is CCC1CCN(CC(=O)Cc2ccccn2)C(COC(C)=O)C1. The van der Waals surface area contributed by atoms with Gasteiger partial charge in [0.15, 0.2) is 5.78 Å². The molecule has 23 heavy (non-hydrogen) atoms. The first-order valence-corrected chi connectivity index (χ1v) is 8.37. The number of ether oxygens (including phenoxy) is 1. The van der Waals surface area contributed by atoms with E-state index in [0.717, 1.165) is 31.5 Å². The lowest BCUT2D eigenvalue weighted by molar-refractivity contribution is -0.143. The van der Waals surface area contributed by atoms with Crippen molar-refractivity contribution < 1.29 is 14.3 Å². The summed E-state index contributed by atoms with van der Waals surface area (Å²) in [7, 11) is 0. The van der Waals surface area contributed by atoms with Gasteiger partial charge >= 0.3 is 5.97 Å². The van der Waals surface area contributed by atoms with Crippen LogP contribution in [0.25, 0.3) is 0 Å². The molecule has 0 aromatic carbocycles. The van der Waals surface area contributed by atoms with Crippen LogP contribution in [0.4, 0.5) is 0 Å². The van der Waals surface area contributed by atoms with E-state index in [1.165, 1.54) is 6.92 Å². The maximum Gasteiger partial charge on any atom is 0.302 e. The molecule has 0 aliphatic carbocycles. The van der Waals surface area contributed by atoms with Gasteiger partial charge in [-0.2, -0.15) is 0 Å². The Morgan fingerprint density at radius 3 is 2.87 bits per heavy atom. The third-order valence-electron chi connectivity index (χ3n) is 4.49. The second kappa shape index (κ2) is 8.77. The van der Waals surface area contributed by atoms with E-state index in [2.05, 4.69) is 16.8 Å². The Hall–Kier alpha value is -1.75. The standard InChI is InChI=1S/C18H26N2O3/c1-3-15-7-9-20(17(10-15)13-23-14(2)21)12-18(22)11-16-6-4-5-8-19-16/h4-6,8,15,17H,3,7,9-13H2,1-2H3. The minimum absolute atomic E-state index is 0.144. The molecule has 1 fully saturated rings. The van der Waals surface area contributed by atoms with E-state index in [1.807, 2.05) is 18.2 Å². The number of piperidine rings is 1. The molecule has 2 atom stereocenters. The molecule has 1 aromatic rings. The number of ketones is 1. The Balaban J connectivity index is 1.91. The molecule has 0 N–H and O–H groups in total. The molecular weight excluding hydrogens is 292 g/mol. The van der Waals surface area contributed by atoms with E-state index >= 15 is 0 Å². The fourth-order valence-electron chi connectivity index (χ4n) is 3.14. The number of aromatic nitrogens is 1. The van der Waals surface area contributed by atoms with Crippen molar-refractivity contribution in [3.8, 4) is 0 Å². The highest BCUT2D eigenvalue weighted by atomic mass is 16.5. The lowest BCUT2D eigenvalue weighted by Crippen LogP contribution is -2.47. The normalized spacial score (nSPS) is 21.8. The van der Waals surface area contributed by atoms with Crippen LogP contribution in [0.5, 0.6) is 0 Å². The van der Waals surface area contributed by atoms with Crippen molar-refractivity contribution in [3.63, 3.8) is 0 Å². The Morgan fingerprint density at radius 1 is 1.39 bits per heavy atom. The fourth-order valence-corrected chi connectivity index (χ4v) is 3.14. The van der Waals surface area contributed by atoms with Gasteiger partial charge in [-0.3, -0.25) is 19.5 Å². The van der Waals surface area contributed by atoms with E-state index < -0.39 is 0 Å². The van der Waals surface area contributed by atoms with E-state index in [0.29, 0.717) is 25.5 Å². The number of hydrogen-bond donors (Lipinski definition) is 0. The van der Waals surface area contributed by atoms with Gasteiger partial charge in [0.05, 0.1) is 13.0 Å². The molecule has 0 spiro atoms. The van der Waals surface area contributed by atoms with Crippen molar-refractivity contribution in [3.05, 3.63) is 30.1 Å². The third kappa shape index (κ3) is 5.75. The first-order chi connectivity index (χ1) is 11.1. The van der Waals surface area contributed by atoms with Gasteiger partial charge in [0.1, 0.15) is 6.61 Å². The summed E-state index contributed by atoms with van der Waals surface area (Å²) in [6.45, 7) is 5.28. The highest BCUT2D eigenvalue weighted by molar-refractivity contribution is 5.82. The van der Waals surface area contributed by atoms with Crippen LogP contribution in [0.3, 0.4) is 0 Å². The van der Waals surface area contributed by atoms with E-state index in [9.17, 15) is 9.59 Å². The lowest BCUT2D eigenvalue weighted by Gasteiger charge is -2.38. The number of carbonyl (C=O) groups excluding carboxylic acids is 2. The summed E-state index contributed by atoms with van der Waals surface area (Å²) < 4.78 is 5.20. The summed E-state index contributed by atoms with van der Waals surface area (Å²) in [4.78, 5) is 29.8. The highest BCUT2D eigenvalue weighted by Gasteiger charge is 2.29. The second-order valence-electron chi connectivity index (χ2n) is 6.26. The Kier molecular flexibility index (Phi) is 6.71. The summed E-state index contributed by atoms with van der Waals surface area (Å²) in [5.74, 6) is 0.549. The van der Waals surface area contributed by atoms with Gasteiger partial charge in [0.2, 0.25) is 0 Å². The van der Waals surface area contributed by atoms with Crippen LogP contribution in [-0.2, 0) is 20.7 Å². The quantitative estimate of drug-likeness (QED) is 0.722. The first-order valence-electron chi connectivity index (χ1n) is 8.37. The van der Waals surface area contributed by atoms with Crippen LogP contribution >= 0.6 is 0 Å². The average molecular weight is 318 g/mol. The summed E-state index contributed by atoms with van der Waals surface area (Å²) in [6, 6.07) is 5.76. The zero-order chi connectivity index (χ0) is 16.7. The van der Waals surface area contributed by atoms with Gasteiger partial charge in [-0.15, -0.1) is 0 Å². The molecule has 1 aliphatic rings. The van der Waals surface area contributed by atoms with Crippen LogP contribution in [-0.4, -0.2) is 47.4 Å². The number of carbonyl (C=O) groups is 2. The minimum atomic E-state index is -0.261. The number of hydrogen-bond acceptors (Lipinski definition) is 5. The Labute approximate surface area is 138 Å². The summed E-state index contributed by atoms with van der Waals surface area (Å²) >= 11 is 0. The summed E-state index contributed by atoms with van der Waals surface area (Å²) in [5.41, 5.74) is 0.803. The van der Waals surface area contributed by atoms with Crippen molar-refractivity contribution in [2.24, 2.45) is 5.92 Å². The van der Waals surface area contributed by atoms with Crippen LogP contribution in [0.15, 0.2) is 24.4 Å². The molecular formula is C18H26N2O3. The van der Waals surface area contributed by atoms with Crippen LogP contribution in [0.1, 0.15) is 38.8 Å². The number of pyridine rings is 1. The Bertz CT molecular complexity index is 518. The van der Waals surface area contributed by atoms with Crippen molar-refractivity contribution in [2.45, 2.75) is 45.6 Å². The van der Waals surface area contributed by atoms with E-state index in [1.54, 1.807) is 6.20 Å². The number of likely N-dealkylation sites (tertiary alicyclic amines) is 1. The van der Waals surface area contributed by atoms with Crippen molar-refractivity contribution in [1.82, 2.24) is 9.88 Å². The number of Topliss-reactive ketones (excluding diaryl/α,β-unsaturated/α-hetero) is 1. The molecule has 126 valence electrons. The highest BCUT2D eigenvalue weighted by Crippen LogP contribution is 2.25. The van der Waals surface area contributed by atoms with Crippen molar-refractivity contribution in [2.75, 3.05) is 19.7 Å². The summed E-state index contributed by atoms with van der Waals surface area (Å²) in [5, 5.41) is 0. The molecule has 2 heterocycles. The second-order valence-corrected chi connectivity index (χ2v) is 6.26. The van der Waals surface area contributed by atoms with Gasteiger partial charge in [-0.1, -0.05) is 19.4 Å². The van der Waals surface area contributed by atoms with Crippen molar-refractivity contribution >= 4 is 11.8 Å². The van der Waals surface area contributed by atoms with Gasteiger partial charge in [-0.05, 0) is 37.4 Å². The molecule has 1 saturated heterocycles. The predicted octanol–water partition coefficient (Wildman–Crippen LogP) is 2.25. The minimum Gasteiger partial charge on any atom is -0.464 e. The zero-order valence-corrected chi connectivity index (χ0v) is 14.0. The molecule has 1 aliphatic heterocycles. The largest absolute Gasteiger partial charge is 0.464 e. The molecule has 0 radical (unpaired) electrons. The predicted molar refractivity (Wildman–Crippen MR) is 88.0 cm³/mol. The van der Waals surface area contributed by atoms with Crippen LogP contribution in [0.2, 0.25) is 0 Å². The van der Waals surface area contributed by atoms with Gasteiger partial charge < -0.3 is 4.74 Å². The molecule has 5 nitrogen and oxygen atoms in total. The zero-order valence-electron chi connectivity index (χ0n) is 14.0. The average Bonchev–Trinajstić information content (AvgIpc) is 2.54. The van der Waals surface area contributed by atoms with Crippen LogP contribution < -0.4 is 0 Å². The van der Waals surface area contributed by atoms with Gasteiger partial charge in [0.25, 0.3) is 0 Å². The molecule has 2 unspecified atom stereocenters.